The Hall–Kier alpha value is -0.900. The third kappa shape index (κ3) is 2.23. The molecule has 2 bridgehead atoms. The lowest BCUT2D eigenvalue weighted by Crippen LogP contribution is -2.49. The Bertz CT molecular complexity index is 442. The van der Waals surface area contributed by atoms with Gasteiger partial charge in [-0.2, -0.15) is 0 Å². The predicted molar refractivity (Wildman–Crippen MR) is 84.0 cm³/mol. The first-order chi connectivity index (χ1) is 9.70. The zero-order chi connectivity index (χ0) is 16.0. The van der Waals surface area contributed by atoms with E-state index in [0.717, 1.165) is 25.9 Å². The van der Waals surface area contributed by atoms with Crippen molar-refractivity contribution in [3.63, 3.8) is 0 Å². The molecule has 0 N–H and O–H groups in total. The van der Waals surface area contributed by atoms with Crippen LogP contribution in [0.4, 0.5) is 0 Å². The van der Waals surface area contributed by atoms with E-state index in [0.29, 0.717) is 18.2 Å². The van der Waals surface area contributed by atoms with E-state index < -0.39 is 0 Å². The van der Waals surface area contributed by atoms with Gasteiger partial charge in [0.15, 0.2) is 5.78 Å². The van der Waals surface area contributed by atoms with Crippen LogP contribution in [-0.2, 0) is 9.59 Å². The molecule has 2 aliphatic carbocycles. The normalized spacial score (nSPS) is 33.8. The number of nitrogens with zero attached hydrogens (tertiary/aromatic N) is 2. The van der Waals surface area contributed by atoms with E-state index in [4.69, 9.17) is 0 Å². The third-order valence-corrected chi connectivity index (χ3v) is 6.47. The molecule has 0 aromatic rings. The second-order valence-electron chi connectivity index (χ2n) is 7.49. The first kappa shape index (κ1) is 16.5. The Morgan fingerprint density at radius 1 is 1.24 bits per heavy atom. The number of carbonyl (C=O) groups is 2. The van der Waals surface area contributed by atoms with E-state index in [1.165, 1.54) is 0 Å². The standard InChI is InChI=1S/C17H30N2O2/c1-7-19(8-2)13(20)11-18(6)14-12-9-10-17(5,15(14)21)16(12,3)4/h12,14H,7-11H2,1-6H3. The zero-order valence-corrected chi connectivity index (χ0v) is 14.4. The Labute approximate surface area is 128 Å². The SMILES string of the molecule is CCN(CC)C(=O)CN(C)C1C(=O)C2(C)CCC1C2(C)C. The minimum atomic E-state index is -0.213. The van der Waals surface area contributed by atoms with Crippen molar-refractivity contribution in [1.29, 1.82) is 0 Å². The topological polar surface area (TPSA) is 40.6 Å². The molecule has 0 spiro atoms. The van der Waals surface area contributed by atoms with Gasteiger partial charge in [-0.25, -0.2) is 0 Å². The average Bonchev–Trinajstić information content (AvgIpc) is 2.72. The van der Waals surface area contributed by atoms with Crippen LogP contribution >= 0.6 is 0 Å². The Morgan fingerprint density at radius 2 is 1.81 bits per heavy atom. The van der Waals surface area contributed by atoms with E-state index in [9.17, 15) is 9.59 Å². The fourth-order valence-corrected chi connectivity index (χ4v) is 4.53. The van der Waals surface area contributed by atoms with Crippen LogP contribution in [0.3, 0.4) is 0 Å². The van der Waals surface area contributed by atoms with Gasteiger partial charge in [0.05, 0.1) is 12.6 Å². The highest BCUT2D eigenvalue weighted by atomic mass is 16.2. The fraction of sp³-hybridized carbons (Fsp3) is 0.882. The van der Waals surface area contributed by atoms with Gasteiger partial charge < -0.3 is 4.90 Å². The molecule has 4 heteroatoms. The summed E-state index contributed by atoms with van der Waals surface area (Å²) >= 11 is 0. The quantitative estimate of drug-likeness (QED) is 0.780. The number of amides is 1. The van der Waals surface area contributed by atoms with Gasteiger partial charge in [0, 0.05) is 18.5 Å². The van der Waals surface area contributed by atoms with E-state index >= 15 is 0 Å². The number of Topliss-reactive ketones (excluding diaryl/α,β-unsaturated/α-hetero) is 1. The van der Waals surface area contributed by atoms with Crippen molar-refractivity contribution >= 4 is 11.7 Å². The summed E-state index contributed by atoms with van der Waals surface area (Å²) in [5, 5.41) is 0. The Morgan fingerprint density at radius 3 is 2.24 bits per heavy atom. The number of likely N-dealkylation sites (N-methyl/N-ethyl adjacent to an activating group) is 2. The number of rotatable bonds is 5. The van der Waals surface area contributed by atoms with Crippen molar-refractivity contribution in [2.45, 2.75) is 53.5 Å². The van der Waals surface area contributed by atoms with Gasteiger partial charge in [-0.1, -0.05) is 20.8 Å². The first-order valence-corrected chi connectivity index (χ1v) is 8.23. The molecule has 0 heterocycles. The Kier molecular flexibility index (Phi) is 4.22. The molecule has 4 nitrogen and oxygen atoms in total. The van der Waals surface area contributed by atoms with Crippen molar-refractivity contribution in [2.75, 3.05) is 26.7 Å². The molecule has 2 saturated carbocycles. The van der Waals surface area contributed by atoms with Crippen molar-refractivity contribution in [3.8, 4) is 0 Å². The highest BCUT2D eigenvalue weighted by Crippen LogP contribution is 2.64. The molecule has 1 amide bonds. The molecule has 120 valence electrons. The molecular weight excluding hydrogens is 264 g/mol. The lowest BCUT2D eigenvalue weighted by molar-refractivity contribution is -0.136. The van der Waals surface area contributed by atoms with Gasteiger partial charge >= 0.3 is 0 Å². The van der Waals surface area contributed by atoms with Crippen molar-refractivity contribution < 1.29 is 9.59 Å². The van der Waals surface area contributed by atoms with Crippen LogP contribution in [0.5, 0.6) is 0 Å². The maximum Gasteiger partial charge on any atom is 0.236 e. The lowest BCUT2D eigenvalue weighted by Gasteiger charge is -2.33. The minimum absolute atomic E-state index is 0.0429. The molecule has 2 fully saturated rings. The number of ketones is 1. The number of fused-ring (bicyclic) bond motifs is 2. The third-order valence-electron chi connectivity index (χ3n) is 6.47. The lowest BCUT2D eigenvalue weighted by atomic mass is 9.70. The highest BCUT2D eigenvalue weighted by Gasteiger charge is 2.66. The van der Waals surface area contributed by atoms with Gasteiger partial charge in [0.1, 0.15) is 0 Å². The maximum absolute atomic E-state index is 12.9. The van der Waals surface area contributed by atoms with E-state index in [1.807, 2.05) is 30.7 Å². The van der Waals surface area contributed by atoms with Crippen LogP contribution in [0.15, 0.2) is 0 Å². The molecule has 0 radical (unpaired) electrons. The van der Waals surface area contributed by atoms with E-state index in [-0.39, 0.29) is 22.8 Å². The molecule has 2 rings (SSSR count). The van der Waals surface area contributed by atoms with Crippen LogP contribution in [0.25, 0.3) is 0 Å². The van der Waals surface area contributed by atoms with Crippen molar-refractivity contribution in [1.82, 2.24) is 9.80 Å². The second-order valence-corrected chi connectivity index (χ2v) is 7.49. The molecule has 3 unspecified atom stereocenters. The number of carbonyl (C=O) groups excluding carboxylic acids is 2. The van der Waals surface area contributed by atoms with Gasteiger partial charge in [-0.3, -0.25) is 14.5 Å². The van der Waals surface area contributed by atoms with Crippen molar-refractivity contribution in [3.05, 3.63) is 0 Å². The molecule has 0 aromatic heterocycles. The van der Waals surface area contributed by atoms with E-state index in [1.54, 1.807) is 0 Å². The summed E-state index contributed by atoms with van der Waals surface area (Å²) in [7, 11) is 1.93. The van der Waals surface area contributed by atoms with Crippen LogP contribution in [-0.4, -0.2) is 54.2 Å². The molecular formula is C17H30N2O2. The van der Waals surface area contributed by atoms with E-state index in [2.05, 4.69) is 20.8 Å². The van der Waals surface area contributed by atoms with Crippen LogP contribution in [0, 0.1) is 16.7 Å². The molecule has 2 aliphatic rings. The minimum Gasteiger partial charge on any atom is -0.342 e. The van der Waals surface area contributed by atoms with Gasteiger partial charge in [-0.05, 0) is 45.1 Å². The largest absolute Gasteiger partial charge is 0.342 e. The molecule has 3 atom stereocenters. The Balaban J connectivity index is 2.13. The summed E-state index contributed by atoms with van der Waals surface area (Å²) in [6.07, 6.45) is 2.10. The predicted octanol–water partition coefficient (Wildman–Crippen LogP) is 2.18. The first-order valence-electron chi connectivity index (χ1n) is 8.23. The monoisotopic (exact) mass is 294 g/mol. The van der Waals surface area contributed by atoms with Crippen LogP contribution in [0.2, 0.25) is 0 Å². The van der Waals surface area contributed by atoms with Gasteiger partial charge in [0.25, 0.3) is 0 Å². The molecule has 0 aliphatic heterocycles. The molecule has 21 heavy (non-hydrogen) atoms. The number of hydrogen-bond donors (Lipinski definition) is 0. The summed E-state index contributed by atoms with van der Waals surface area (Å²) in [4.78, 5) is 29.0. The fourth-order valence-electron chi connectivity index (χ4n) is 4.53. The molecule has 0 aromatic carbocycles. The molecule has 0 saturated heterocycles. The number of hydrogen-bond acceptors (Lipinski definition) is 3. The second kappa shape index (κ2) is 5.38. The summed E-state index contributed by atoms with van der Waals surface area (Å²) in [6, 6.07) is -0.0849. The summed E-state index contributed by atoms with van der Waals surface area (Å²) in [5.74, 6) is 0.851. The van der Waals surface area contributed by atoms with Gasteiger partial charge in [-0.15, -0.1) is 0 Å². The maximum atomic E-state index is 12.9. The van der Waals surface area contributed by atoms with Crippen molar-refractivity contribution in [2.24, 2.45) is 16.7 Å². The van der Waals surface area contributed by atoms with Crippen LogP contribution in [0.1, 0.15) is 47.5 Å². The average molecular weight is 294 g/mol. The summed E-state index contributed by atoms with van der Waals surface area (Å²) in [5.41, 5.74) is -0.171. The summed E-state index contributed by atoms with van der Waals surface area (Å²) in [6.45, 7) is 12.4. The summed E-state index contributed by atoms with van der Waals surface area (Å²) < 4.78 is 0. The van der Waals surface area contributed by atoms with Crippen LogP contribution < -0.4 is 0 Å². The van der Waals surface area contributed by atoms with Gasteiger partial charge in [0.2, 0.25) is 5.91 Å². The highest BCUT2D eigenvalue weighted by molar-refractivity contribution is 5.94. The zero-order valence-electron chi connectivity index (χ0n) is 14.4. The smallest absolute Gasteiger partial charge is 0.236 e.